The van der Waals surface area contributed by atoms with Gasteiger partial charge < -0.3 is 16.0 Å². The number of carbonyl (C=O) groups excluding carboxylic acids is 1. The summed E-state index contributed by atoms with van der Waals surface area (Å²) in [6.45, 7) is -0.177. The molecule has 0 aromatic heterocycles. The highest BCUT2D eigenvalue weighted by atomic mass is 19.3. The summed E-state index contributed by atoms with van der Waals surface area (Å²) in [6.07, 6.45) is -0.625. The van der Waals surface area contributed by atoms with Gasteiger partial charge in [0.25, 0.3) is 6.43 Å². The number of nitrogens with zero attached hydrogens (tertiary/aromatic N) is 1. The van der Waals surface area contributed by atoms with Gasteiger partial charge in [-0.05, 0) is 12.8 Å². The Labute approximate surface area is 81.4 Å². The van der Waals surface area contributed by atoms with Gasteiger partial charge >= 0.3 is 6.03 Å². The van der Waals surface area contributed by atoms with Crippen LogP contribution in [0.5, 0.6) is 0 Å². The van der Waals surface area contributed by atoms with Crippen molar-refractivity contribution in [3.63, 3.8) is 0 Å². The van der Waals surface area contributed by atoms with E-state index in [9.17, 15) is 13.6 Å². The van der Waals surface area contributed by atoms with Gasteiger partial charge in [0, 0.05) is 19.1 Å². The van der Waals surface area contributed by atoms with Gasteiger partial charge in [-0.1, -0.05) is 0 Å². The van der Waals surface area contributed by atoms with Crippen molar-refractivity contribution >= 4 is 6.03 Å². The van der Waals surface area contributed by atoms with Gasteiger partial charge in [-0.25, -0.2) is 13.6 Å². The molecule has 0 radical (unpaired) electrons. The molecule has 0 aliphatic heterocycles. The predicted molar refractivity (Wildman–Crippen MR) is 48.2 cm³/mol. The van der Waals surface area contributed by atoms with Gasteiger partial charge in [-0.2, -0.15) is 0 Å². The van der Waals surface area contributed by atoms with E-state index in [2.05, 4.69) is 5.32 Å². The van der Waals surface area contributed by atoms with Gasteiger partial charge in [0.15, 0.2) is 0 Å². The topological polar surface area (TPSA) is 58.4 Å². The molecule has 1 fully saturated rings. The number of hydrogen-bond donors (Lipinski definition) is 2. The fraction of sp³-hybridized carbons (Fsp3) is 0.875. The summed E-state index contributed by atoms with van der Waals surface area (Å²) in [5.74, 6) is 0. The summed E-state index contributed by atoms with van der Waals surface area (Å²) in [5.41, 5.74) is 5.22. The van der Waals surface area contributed by atoms with Crippen LogP contribution < -0.4 is 11.1 Å². The highest BCUT2D eigenvalue weighted by Gasteiger charge is 2.26. The maximum absolute atomic E-state index is 12.1. The fourth-order valence-electron chi connectivity index (χ4n) is 1.09. The summed E-state index contributed by atoms with van der Waals surface area (Å²) >= 11 is 0. The van der Waals surface area contributed by atoms with E-state index in [4.69, 9.17) is 5.73 Å². The number of rotatable bonds is 5. The third kappa shape index (κ3) is 3.87. The summed E-state index contributed by atoms with van der Waals surface area (Å²) in [6, 6.07) is -0.251. The number of halogens is 2. The average molecular weight is 207 g/mol. The molecule has 0 heterocycles. The number of nitrogens with two attached hydrogens (primary N) is 1. The lowest BCUT2D eigenvalue weighted by molar-refractivity contribution is 0.0994. The quantitative estimate of drug-likeness (QED) is 0.685. The zero-order valence-electron chi connectivity index (χ0n) is 7.88. The molecule has 0 aromatic rings. The average Bonchev–Trinajstić information content (AvgIpc) is 2.86. The van der Waals surface area contributed by atoms with E-state index in [0.29, 0.717) is 0 Å². The summed E-state index contributed by atoms with van der Waals surface area (Å²) in [7, 11) is 0. The van der Waals surface area contributed by atoms with Crippen LogP contribution in [-0.4, -0.2) is 43.0 Å². The number of urea groups is 1. The largest absolute Gasteiger partial charge is 0.335 e. The lowest BCUT2D eigenvalue weighted by Crippen LogP contribution is -2.45. The maximum atomic E-state index is 12.1. The van der Waals surface area contributed by atoms with Gasteiger partial charge in [0.1, 0.15) is 0 Å². The van der Waals surface area contributed by atoms with Crippen molar-refractivity contribution in [3.8, 4) is 0 Å². The molecule has 14 heavy (non-hydrogen) atoms. The Morgan fingerprint density at radius 1 is 1.57 bits per heavy atom. The van der Waals surface area contributed by atoms with Gasteiger partial charge in [-0.15, -0.1) is 0 Å². The zero-order chi connectivity index (χ0) is 10.6. The summed E-state index contributed by atoms with van der Waals surface area (Å²) in [5, 5.41) is 2.64. The molecule has 82 valence electrons. The summed E-state index contributed by atoms with van der Waals surface area (Å²) in [4.78, 5) is 12.4. The molecule has 0 bridgehead atoms. The maximum Gasteiger partial charge on any atom is 0.317 e. The minimum Gasteiger partial charge on any atom is -0.335 e. The summed E-state index contributed by atoms with van der Waals surface area (Å²) < 4.78 is 24.1. The number of hydrogen-bond acceptors (Lipinski definition) is 2. The molecule has 1 aliphatic carbocycles. The van der Waals surface area contributed by atoms with Crippen LogP contribution in [0.4, 0.5) is 13.6 Å². The Kier molecular flexibility index (Phi) is 4.06. The Morgan fingerprint density at radius 3 is 2.64 bits per heavy atom. The minimum absolute atomic E-state index is 0.170. The Balaban J connectivity index is 2.33. The van der Waals surface area contributed by atoms with Gasteiger partial charge in [0.2, 0.25) is 0 Å². The third-order valence-corrected chi connectivity index (χ3v) is 1.95. The van der Waals surface area contributed by atoms with E-state index in [1.54, 1.807) is 0 Å². The predicted octanol–water partition coefficient (Wildman–Crippen LogP) is 0.384. The zero-order valence-corrected chi connectivity index (χ0v) is 7.88. The van der Waals surface area contributed by atoms with E-state index in [0.717, 1.165) is 17.7 Å². The van der Waals surface area contributed by atoms with Crippen molar-refractivity contribution in [3.05, 3.63) is 0 Å². The first-order valence-electron chi connectivity index (χ1n) is 4.67. The van der Waals surface area contributed by atoms with Crippen LogP contribution in [0.3, 0.4) is 0 Å². The second-order valence-electron chi connectivity index (χ2n) is 3.35. The van der Waals surface area contributed by atoms with Crippen molar-refractivity contribution in [2.45, 2.75) is 25.3 Å². The van der Waals surface area contributed by atoms with Crippen molar-refractivity contribution in [2.75, 3.05) is 19.6 Å². The smallest absolute Gasteiger partial charge is 0.317 e. The number of alkyl halides is 2. The van der Waals surface area contributed by atoms with Gasteiger partial charge in [-0.3, -0.25) is 0 Å². The van der Waals surface area contributed by atoms with Crippen LogP contribution in [0.15, 0.2) is 0 Å². The molecular formula is C8H15F2N3O. The van der Waals surface area contributed by atoms with Crippen LogP contribution in [0.2, 0.25) is 0 Å². The molecule has 6 heteroatoms. The van der Waals surface area contributed by atoms with Crippen molar-refractivity contribution in [1.82, 2.24) is 10.2 Å². The van der Waals surface area contributed by atoms with Gasteiger partial charge in [0.05, 0.1) is 6.54 Å². The van der Waals surface area contributed by atoms with Crippen molar-refractivity contribution in [1.29, 1.82) is 0 Å². The van der Waals surface area contributed by atoms with Crippen LogP contribution in [0.1, 0.15) is 12.8 Å². The van der Waals surface area contributed by atoms with E-state index >= 15 is 0 Å². The normalized spacial score (nSPS) is 15.7. The first-order valence-corrected chi connectivity index (χ1v) is 4.67. The first kappa shape index (κ1) is 11.2. The molecule has 0 aromatic carbocycles. The van der Waals surface area contributed by atoms with E-state index < -0.39 is 19.0 Å². The minimum atomic E-state index is -2.51. The molecule has 2 amide bonds. The second-order valence-corrected chi connectivity index (χ2v) is 3.35. The van der Waals surface area contributed by atoms with Crippen LogP contribution in [-0.2, 0) is 0 Å². The fourth-order valence-corrected chi connectivity index (χ4v) is 1.09. The molecule has 4 nitrogen and oxygen atoms in total. The molecule has 0 spiro atoms. The van der Waals surface area contributed by atoms with Crippen LogP contribution in [0.25, 0.3) is 0 Å². The standard InChI is InChI=1S/C8H15F2N3O/c9-7(10)5-13(4-3-11)8(14)12-6-1-2-6/h6-7H,1-5,11H2,(H,12,14). The third-order valence-electron chi connectivity index (χ3n) is 1.95. The molecule has 0 unspecified atom stereocenters. The molecule has 1 rings (SSSR count). The lowest BCUT2D eigenvalue weighted by Gasteiger charge is -2.21. The number of amides is 2. The van der Waals surface area contributed by atoms with Crippen LogP contribution >= 0.6 is 0 Å². The van der Waals surface area contributed by atoms with E-state index in [1.807, 2.05) is 0 Å². The number of carbonyl (C=O) groups is 1. The molecule has 3 N–H and O–H groups in total. The molecule has 1 aliphatic rings. The van der Waals surface area contributed by atoms with E-state index in [-0.39, 0.29) is 19.1 Å². The monoisotopic (exact) mass is 207 g/mol. The second kappa shape index (κ2) is 5.09. The first-order chi connectivity index (χ1) is 6.63. The molecule has 0 atom stereocenters. The molecule has 0 saturated heterocycles. The van der Waals surface area contributed by atoms with E-state index in [1.165, 1.54) is 0 Å². The lowest BCUT2D eigenvalue weighted by atomic mass is 10.5. The van der Waals surface area contributed by atoms with Crippen molar-refractivity contribution in [2.24, 2.45) is 5.73 Å². The highest BCUT2D eigenvalue weighted by Crippen LogP contribution is 2.18. The Hall–Kier alpha value is -0.910. The molecular weight excluding hydrogens is 192 g/mol. The van der Waals surface area contributed by atoms with Crippen LogP contribution in [0, 0.1) is 0 Å². The Morgan fingerprint density at radius 2 is 2.21 bits per heavy atom. The highest BCUT2D eigenvalue weighted by molar-refractivity contribution is 5.74. The van der Waals surface area contributed by atoms with Crippen molar-refractivity contribution < 1.29 is 13.6 Å². The molecule has 1 saturated carbocycles. The number of nitrogens with one attached hydrogen (secondary N) is 1. The SMILES string of the molecule is NCCN(CC(F)F)C(=O)NC1CC1. The Bertz CT molecular complexity index is 197.